The standard InChI is InChI=1S/C15H21N.C8H14N2/c1-13-3-5-14(6-4-13)7-8-15-9-11-16(2)12-10-15;1-2-3-10-6-7-4-8(10)5-9-7/h3-8,15H,9-12H2,1-2H3;2,7-9H,1,3-6H2/b8-7+;. The van der Waals surface area contributed by atoms with E-state index in [-0.39, 0.29) is 0 Å². The lowest BCUT2D eigenvalue weighted by Gasteiger charge is -2.26. The van der Waals surface area contributed by atoms with E-state index in [2.05, 4.69) is 72.1 Å². The summed E-state index contributed by atoms with van der Waals surface area (Å²) in [6.45, 7) is 11.9. The Morgan fingerprint density at radius 3 is 2.50 bits per heavy atom. The topological polar surface area (TPSA) is 18.5 Å². The van der Waals surface area contributed by atoms with Gasteiger partial charge in [0.25, 0.3) is 0 Å². The Morgan fingerprint density at radius 2 is 1.92 bits per heavy atom. The van der Waals surface area contributed by atoms with Gasteiger partial charge in [-0.1, -0.05) is 48.1 Å². The summed E-state index contributed by atoms with van der Waals surface area (Å²) in [6.07, 6.45) is 10.6. The average molecular weight is 354 g/mol. The third-order valence-electron chi connectivity index (χ3n) is 5.94. The number of fused-ring (bicyclic) bond motifs is 2. The van der Waals surface area contributed by atoms with Crippen molar-refractivity contribution in [2.45, 2.75) is 38.3 Å². The second-order valence-corrected chi connectivity index (χ2v) is 8.15. The van der Waals surface area contributed by atoms with Crippen molar-refractivity contribution < 1.29 is 0 Å². The Labute approximate surface area is 159 Å². The number of piperazine rings is 1. The zero-order valence-corrected chi connectivity index (χ0v) is 16.5. The molecule has 3 heteroatoms. The smallest absolute Gasteiger partial charge is 0.0239 e. The summed E-state index contributed by atoms with van der Waals surface area (Å²) in [5.74, 6) is 0.775. The van der Waals surface area contributed by atoms with Crippen molar-refractivity contribution in [1.82, 2.24) is 15.1 Å². The van der Waals surface area contributed by atoms with Crippen molar-refractivity contribution in [1.29, 1.82) is 0 Å². The summed E-state index contributed by atoms with van der Waals surface area (Å²) in [7, 11) is 2.21. The first-order valence-electron chi connectivity index (χ1n) is 10.2. The number of allylic oxidation sites excluding steroid dienone is 1. The van der Waals surface area contributed by atoms with E-state index in [1.165, 1.54) is 56.6 Å². The second-order valence-electron chi connectivity index (χ2n) is 8.15. The number of aryl methyl sites for hydroxylation is 1. The van der Waals surface area contributed by atoms with Crippen LogP contribution in [0.25, 0.3) is 6.08 Å². The summed E-state index contributed by atoms with van der Waals surface area (Å²) < 4.78 is 0. The van der Waals surface area contributed by atoms with Crippen LogP contribution in [0.5, 0.6) is 0 Å². The van der Waals surface area contributed by atoms with Gasteiger partial charge in [0, 0.05) is 31.7 Å². The van der Waals surface area contributed by atoms with E-state index >= 15 is 0 Å². The fourth-order valence-corrected chi connectivity index (χ4v) is 4.18. The first kappa shape index (κ1) is 19.3. The quantitative estimate of drug-likeness (QED) is 0.835. The van der Waals surface area contributed by atoms with Crippen molar-refractivity contribution >= 4 is 6.08 Å². The number of hydrogen-bond donors (Lipinski definition) is 1. The molecule has 1 aromatic carbocycles. The predicted molar refractivity (Wildman–Crippen MR) is 112 cm³/mol. The molecule has 1 N–H and O–H groups in total. The van der Waals surface area contributed by atoms with Gasteiger partial charge in [-0.15, -0.1) is 6.58 Å². The van der Waals surface area contributed by atoms with E-state index in [9.17, 15) is 0 Å². The third kappa shape index (κ3) is 5.54. The number of piperidine rings is 1. The average Bonchev–Trinajstić information content (AvgIpc) is 3.27. The van der Waals surface area contributed by atoms with Crippen LogP contribution in [0.15, 0.2) is 43.0 Å². The maximum atomic E-state index is 3.75. The van der Waals surface area contributed by atoms with Crippen LogP contribution in [0.1, 0.15) is 30.4 Å². The summed E-state index contributed by atoms with van der Waals surface area (Å²) >= 11 is 0. The van der Waals surface area contributed by atoms with Crippen LogP contribution in [0.4, 0.5) is 0 Å². The van der Waals surface area contributed by atoms with Crippen LogP contribution in [0.3, 0.4) is 0 Å². The molecule has 3 aliphatic heterocycles. The molecule has 1 aromatic rings. The predicted octanol–water partition coefficient (Wildman–Crippen LogP) is 3.57. The van der Waals surface area contributed by atoms with Crippen LogP contribution in [-0.4, -0.2) is 61.7 Å². The Kier molecular flexibility index (Phi) is 7.07. The molecule has 3 aliphatic rings. The molecular formula is C23H35N3. The zero-order chi connectivity index (χ0) is 18.4. The van der Waals surface area contributed by atoms with E-state index in [0.29, 0.717) is 0 Å². The highest BCUT2D eigenvalue weighted by atomic mass is 15.3. The van der Waals surface area contributed by atoms with Gasteiger partial charge in [-0.05, 0) is 57.8 Å². The largest absolute Gasteiger partial charge is 0.311 e. The monoisotopic (exact) mass is 353 g/mol. The summed E-state index contributed by atoms with van der Waals surface area (Å²) in [4.78, 5) is 4.92. The minimum absolute atomic E-state index is 0.775. The van der Waals surface area contributed by atoms with Crippen LogP contribution in [0, 0.1) is 12.8 Å². The molecule has 0 aliphatic carbocycles. The summed E-state index contributed by atoms with van der Waals surface area (Å²) in [5, 5.41) is 3.47. The Balaban J connectivity index is 0.000000167. The van der Waals surface area contributed by atoms with Crippen LogP contribution in [-0.2, 0) is 0 Å². The first-order chi connectivity index (χ1) is 12.6. The molecule has 4 rings (SSSR count). The van der Waals surface area contributed by atoms with E-state index in [0.717, 1.165) is 24.5 Å². The number of likely N-dealkylation sites (tertiary alicyclic amines) is 2. The lowest BCUT2D eigenvalue weighted by molar-refractivity contribution is 0.244. The molecule has 2 atom stereocenters. The summed E-state index contributed by atoms with van der Waals surface area (Å²) in [5.41, 5.74) is 2.65. The van der Waals surface area contributed by atoms with Gasteiger partial charge in [0.2, 0.25) is 0 Å². The maximum Gasteiger partial charge on any atom is 0.0239 e. The van der Waals surface area contributed by atoms with Gasteiger partial charge in [-0.2, -0.15) is 0 Å². The molecule has 3 heterocycles. The Bertz CT molecular complexity index is 584. The molecule has 0 saturated carbocycles. The number of rotatable bonds is 4. The van der Waals surface area contributed by atoms with Crippen molar-refractivity contribution in [2.24, 2.45) is 5.92 Å². The lowest BCUT2D eigenvalue weighted by atomic mass is 9.96. The molecule has 3 saturated heterocycles. The molecule has 3 nitrogen and oxygen atoms in total. The lowest BCUT2D eigenvalue weighted by Crippen LogP contribution is -2.43. The SMILES string of the molecule is C=CCN1CC2CC1CN2.Cc1ccc(/C=C/C2CCN(C)CC2)cc1. The van der Waals surface area contributed by atoms with Crippen molar-refractivity contribution in [3.05, 3.63) is 54.1 Å². The van der Waals surface area contributed by atoms with E-state index in [1.54, 1.807) is 0 Å². The number of hydrogen-bond acceptors (Lipinski definition) is 3. The molecule has 2 bridgehead atoms. The van der Waals surface area contributed by atoms with Gasteiger partial charge in [0.15, 0.2) is 0 Å². The molecule has 3 fully saturated rings. The van der Waals surface area contributed by atoms with Gasteiger partial charge >= 0.3 is 0 Å². The molecule has 142 valence electrons. The Morgan fingerprint density at radius 1 is 1.19 bits per heavy atom. The minimum atomic E-state index is 0.775. The van der Waals surface area contributed by atoms with Crippen LogP contribution < -0.4 is 5.32 Å². The third-order valence-corrected chi connectivity index (χ3v) is 5.94. The molecule has 0 aromatic heterocycles. The van der Waals surface area contributed by atoms with E-state index in [1.807, 2.05) is 6.08 Å². The molecule has 2 unspecified atom stereocenters. The highest BCUT2D eigenvalue weighted by molar-refractivity contribution is 5.49. The Hall–Kier alpha value is -1.42. The number of benzene rings is 1. The van der Waals surface area contributed by atoms with Gasteiger partial charge in [0.05, 0.1) is 0 Å². The van der Waals surface area contributed by atoms with E-state index < -0.39 is 0 Å². The first-order valence-corrected chi connectivity index (χ1v) is 10.2. The highest BCUT2D eigenvalue weighted by Crippen LogP contribution is 2.22. The number of nitrogens with zero attached hydrogens (tertiary/aromatic N) is 2. The van der Waals surface area contributed by atoms with Crippen LogP contribution in [0.2, 0.25) is 0 Å². The van der Waals surface area contributed by atoms with Crippen molar-refractivity contribution in [3.8, 4) is 0 Å². The molecular weight excluding hydrogens is 318 g/mol. The normalized spacial score (nSPS) is 26.8. The molecule has 0 radical (unpaired) electrons. The van der Waals surface area contributed by atoms with Gasteiger partial charge < -0.3 is 10.2 Å². The van der Waals surface area contributed by atoms with Crippen molar-refractivity contribution in [2.75, 3.05) is 39.8 Å². The van der Waals surface area contributed by atoms with Crippen LogP contribution >= 0.6 is 0 Å². The van der Waals surface area contributed by atoms with E-state index in [4.69, 9.17) is 0 Å². The fraction of sp³-hybridized carbons (Fsp3) is 0.565. The molecule has 0 amide bonds. The number of nitrogens with one attached hydrogen (secondary N) is 1. The van der Waals surface area contributed by atoms with Gasteiger partial charge in [-0.25, -0.2) is 0 Å². The summed E-state index contributed by atoms with van der Waals surface area (Å²) in [6, 6.07) is 10.3. The fourth-order valence-electron chi connectivity index (χ4n) is 4.18. The maximum absolute atomic E-state index is 3.75. The molecule has 26 heavy (non-hydrogen) atoms. The van der Waals surface area contributed by atoms with Crippen molar-refractivity contribution in [3.63, 3.8) is 0 Å². The van der Waals surface area contributed by atoms with Gasteiger partial charge in [0.1, 0.15) is 0 Å². The second kappa shape index (κ2) is 9.50. The van der Waals surface area contributed by atoms with Gasteiger partial charge in [-0.3, -0.25) is 4.90 Å². The minimum Gasteiger partial charge on any atom is -0.311 e. The zero-order valence-electron chi connectivity index (χ0n) is 16.5. The molecule has 0 spiro atoms. The highest BCUT2D eigenvalue weighted by Gasteiger charge is 2.36.